The molecule has 0 aliphatic carbocycles. The summed E-state index contributed by atoms with van der Waals surface area (Å²) in [4.78, 5) is 12.8. The summed E-state index contributed by atoms with van der Waals surface area (Å²) in [5.74, 6) is -0.808. The highest BCUT2D eigenvalue weighted by molar-refractivity contribution is 5.70. The van der Waals surface area contributed by atoms with Crippen LogP contribution in [0.2, 0.25) is 0 Å². The Hall–Kier alpha value is -0.570. The van der Waals surface area contributed by atoms with E-state index in [0.717, 1.165) is 19.4 Å². The maximum atomic E-state index is 10.7. The van der Waals surface area contributed by atoms with Gasteiger partial charge in [0.1, 0.15) is 0 Å². The minimum Gasteiger partial charge on any atom is -0.481 e. The monoisotopic (exact) mass is 157 g/mol. The second-order valence-corrected chi connectivity index (χ2v) is 3.31. The van der Waals surface area contributed by atoms with Crippen molar-refractivity contribution in [1.82, 2.24) is 4.90 Å². The SMILES string of the molecule is C[C@H]1[C@H](C(=O)O)CCCN1C. The van der Waals surface area contributed by atoms with Crippen molar-refractivity contribution in [3.63, 3.8) is 0 Å². The van der Waals surface area contributed by atoms with Crippen LogP contribution in [0, 0.1) is 5.92 Å². The molecule has 0 amide bonds. The van der Waals surface area contributed by atoms with Gasteiger partial charge in [0.15, 0.2) is 0 Å². The third-order valence-corrected chi connectivity index (χ3v) is 2.62. The third-order valence-electron chi connectivity index (χ3n) is 2.62. The smallest absolute Gasteiger partial charge is 0.308 e. The summed E-state index contributed by atoms with van der Waals surface area (Å²) >= 11 is 0. The molecule has 1 aliphatic rings. The first-order valence-corrected chi connectivity index (χ1v) is 4.06. The number of nitrogens with zero attached hydrogens (tertiary/aromatic N) is 1. The summed E-state index contributed by atoms with van der Waals surface area (Å²) < 4.78 is 0. The van der Waals surface area contributed by atoms with Crippen LogP contribution in [0.25, 0.3) is 0 Å². The minimum absolute atomic E-state index is 0.159. The van der Waals surface area contributed by atoms with Crippen LogP contribution >= 0.6 is 0 Å². The Morgan fingerprint density at radius 2 is 2.27 bits per heavy atom. The van der Waals surface area contributed by atoms with E-state index in [9.17, 15) is 4.79 Å². The molecule has 0 aromatic heterocycles. The fourth-order valence-electron chi connectivity index (χ4n) is 1.64. The van der Waals surface area contributed by atoms with Crippen LogP contribution in [-0.4, -0.2) is 35.6 Å². The third kappa shape index (κ3) is 1.71. The summed E-state index contributed by atoms with van der Waals surface area (Å²) in [6.45, 7) is 3.02. The maximum Gasteiger partial charge on any atom is 0.308 e. The molecule has 1 rings (SSSR count). The summed E-state index contributed by atoms with van der Waals surface area (Å²) in [7, 11) is 1.99. The van der Waals surface area contributed by atoms with Crippen LogP contribution < -0.4 is 0 Å². The van der Waals surface area contributed by atoms with Gasteiger partial charge in [-0.15, -0.1) is 0 Å². The van der Waals surface area contributed by atoms with Gasteiger partial charge in [-0.05, 0) is 33.4 Å². The van der Waals surface area contributed by atoms with Crippen molar-refractivity contribution in [1.29, 1.82) is 0 Å². The van der Waals surface area contributed by atoms with Gasteiger partial charge in [-0.1, -0.05) is 0 Å². The van der Waals surface area contributed by atoms with Crippen molar-refractivity contribution in [3.05, 3.63) is 0 Å². The average molecular weight is 157 g/mol. The molecule has 1 N–H and O–H groups in total. The Morgan fingerprint density at radius 1 is 1.64 bits per heavy atom. The van der Waals surface area contributed by atoms with Crippen LogP contribution in [0.3, 0.4) is 0 Å². The van der Waals surface area contributed by atoms with Gasteiger partial charge in [0.05, 0.1) is 5.92 Å². The molecule has 0 bridgehead atoms. The zero-order valence-corrected chi connectivity index (χ0v) is 7.08. The molecule has 3 heteroatoms. The van der Waals surface area contributed by atoms with E-state index in [4.69, 9.17) is 5.11 Å². The number of rotatable bonds is 1. The van der Waals surface area contributed by atoms with Gasteiger partial charge in [0.25, 0.3) is 0 Å². The van der Waals surface area contributed by atoms with E-state index in [0.29, 0.717) is 0 Å². The fourth-order valence-corrected chi connectivity index (χ4v) is 1.64. The van der Waals surface area contributed by atoms with Crippen molar-refractivity contribution in [2.45, 2.75) is 25.8 Å². The second-order valence-electron chi connectivity index (χ2n) is 3.31. The Bertz CT molecular complexity index is 158. The Balaban J connectivity index is 2.58. The quantitative estimate of drug-likeness (QED) is 0.612. The molecule has 2 atom stereocenters. The first kappa shape index (κ1) is 8.53. The fraction of sp³-hybridized carbons (Fsp3) is 0.875. The Kier molecular flexibility index (Phi) is 2.49. The highest BCUT2D eigenvalue weighted by Gasteiger charge is 2.30. The molecule has 0 spiro atoms. The highest BCUT2D eigenvalue weighted by Crippen LogP contribution is 2.21. The van der Waals surface area contributed by atoms with Crippen LogP contribution in [0.5, 0.6) is 0 Å². The van der Waals surface area contributed by atoms with Gasteiger partial charge < -0.3 is 10.0 Å². The van der Waals surface area contributed by atoms with Crippen LogP contribution in [-0.2, 0) is 4.79 Å². The van der Waals surface area contributed by atoms with E-state index in [-0.39, 0.29) is 12.0 Å². The highest BCUT2D eigenvalue weighted by atomic mass is 16.4. The second kappa shape index (κ2) is 3.22. The number of likely N-dealkylation sites (tertiary alicyclic amines) is 1. The van der Waals surface area contributed by atoms with Gasteiger partial charge >= 0.3 is 5.97 Å². The molecule has 1 aliphatic heterocycles. The summed E-state index contributed by atoms with van der Waals surface area (Å²) in [6, 6.07) is 0.196. The van der Waals surface area contributed by atoms with Crippen molar-refractivity contribution in [3.8, 4) is 0 Å². The van der Waals surface area contributed by atoms with Gasteiger partial charge in [-0.2, -0.15) is 0 Å². The number of carbonyl (C=O) groups is 1. The van der Waals surface area contributed by atoms with Gasteiger partial charge in [0, 0.05) is 6.04 Å². The van der Waals surface area contributed by atoms with E-state index >= 15 is 0 Å². The molecule has 11 heavy (non-hydrogen) atoms. The first-order chi connectivity index (χ1) is 5.13. The number of hydrogen-bond donors (Lipinski definition) is 1. The van der Waals surface area contributed by atoms with Gasteiger partial charge in [-0.3, -0.25) is 4.79 Å². The molecule has 0 aromatic carbocycles. The standard InChI is InChI=1S/C8H15NO2/c1-6-7(8(10)11)4-3-5-9(6)2/h6-7H,3-5H2,1-2H3,(H,10,11)/t6-,7+/m0/s1. The van der Waals surface area contributed by atoms with Crippen LogP contribution in [0.4, 0.5) is 0 Å². The maximum absolute atomic E-state index is 10.7. The minimum atomic E-state index is -0.649. The van der Waals surface area contributed by atoms with Gasteiger partial charge in [0.2, 0.25) is 0 Å². The van der Waals surface area contributed by atoms with E-state index in [2.05, 4.69) is 4.90 Å². The van der Waals surface area contributed by atoms with Gasteiger partial charge in [-0.25, -0.2) is 0 Å². The molecular weight excluding hydrogens is 142 g/mol. The van der Waals surface area contributed by atoms with Crippen LogP contribution in [0.15, 0.2) is 0 Å². The molecule has 0 aromatic rings. The zero-order valence-electron chi connectivity index (χ0n) is 7.08. The largest absolute Gasteiger partial charge is 0.481 e. The first-order valence-electron chi connectivity index (χ1n) is 4.06. The van der Waals surface area contributed by atoms with Crippen molar-refractivity contribution < 1.29 is 9.90 Å². The number of aliphatic carboxylic acids is 1. The van der Waals surface area contributed by atoms with Crippen molar-refractivity contribution in [2.75, 3.05) is 13.6 Å². The lowest BCUT2D eigenvalue weighted by Gasteiger charge is -2.34. The summed E-state index contributed by atoms with van der Waals surface area (Å²) in [5, 5.41) is 8.80. The predicted octanol–water partition coefficient (Wildman–Crippen LogP) is 0.801. The van der Waals surface area contributed by atoms with Crippen molar-refractivity contribution in [2.24, 2.45) is 5.92 Å². The van der Waals surface area contributed by atoms with E-state index < -0.39 is 5.97 Å². The molecule has 0 saturated carbocycles. The lowest BCUT2D eigenvalue weighted by atomic mass is 9.91. The topological polar surface area (TPSA) is 40.5 Å². The molecule has 64 valence electrons. The summed E-state index contributed by atoms with van der Waals surface area (Å²) in [6.07, 6.45) is 1.85. The lowest BCUT2D eigenvalue weighted by Crippen LogP contribution is -2.43. The lowest BCUT2D eigenvalue weighted by molar-refractivity contribution is -0.145. The molecular formula is C8H15NO2. The predicted molar refractivity (Wildman–Crippen MR) is 42.5 cm³/mol. The molecule has 3 nitrogen and oxygen atoms in total. The Morgan fingerprint density at radius 3 is 2.73 bits per heavy atom. The average Bonchev–Trinajstić information content (AvgIpc) is 1.94. The number of piperidine rings is 1. The molecule has 1 heterocycles. The summed E-state index contributed by atoms with van der Waals surface area (Å²) in [5.41, 5.74) is 0. The normalized spacial score (nSPS) is 33.6. The number of carboxylic acid groups (broad SMARTS) is 1. The van der Waals surface area contributed by atoms with E-state index in [1.54, 1.807) is 0 Å². The van der Waals surface area contributed by atoms with Crippen molar-refractivity contribution >= 4 is 5.97 Å². The van der Waals surface area contributed by atoms with Crippen LogP contribution in [0.1, 0.15) is 19.8 Å². The zero-order chi connectivity index (χ0) is 8.43. The molecule has 0 unspecified atom stereocenters. The Labute approximate surface area is 67.0 Å². The van der Waals surface area contributed by atoms with E-state index in [1.807, 2.05) is 14.0 Å². The molecule has 1 saturated heterocycles. The van der Waals surface area contributed by atoms with E-state index in [1.165, 1.54) is 0 Å². The molecule has 1 fully saturated rings. The molecule has 0 radical (unpaired) electrons. The number of carboxylic acids is 1. The number of hydrogen-bond acceptors (Lipinski definition) is 2.